The summed E-state index contributed by atoms with van der Waals surface area (Å²) >= 11 is 5.82. The fraction of sp³-hybridized carbons (Fsp3) is 0.611. The number of benzene rings is 1. The molecule has 4 aliphatic rings. The van der Waals surface area contributed by atoms with Crippen molar-refractivity contribution in [2.75, 3.05) is 0 Å². The summed E-state index contributed by atoms with van der Waals surface area (Å²) in [5.41, 5.74) is 1.08. The number of hydrazone groups is 1. The topological polar surface area (TPSA) is 58.5 Å². The SMILES string of the molecule is C/C(=N/NS(=O)(=O)c1ccc(Cl)cc1)C12CC3CC(CC(C3)C1)C2. The van der Waals surface area contributed by atoms with Crippen LogP contribution in [0.2, 0.25) is 5.02 Å². The molecule has 1 N–H and O–H groups in total. The van der Waals surface area contributed by atoms with Crippen LogP contribution in [0, 0.1) is 23.2 Å². The van der Waals surface area contributed by atoms with Crippen molar-refractivity contribution in [1.82, 2.24) is 4.83 Å². The number of nitrogens with zero attached hydrogens (tertiary/aromatic N) is 1. The van der Waals surface area contributed by atoms with Crippen LogP contribution in [0.1, 0.15) is 45.4 Å². The fourth-order valence-electron chi connectivity index (χ4n) is 5.47. The molecule has 0 spiro atoms. The van der Waals surface area contributed by atoms with Crippen LogP contribution in [0.4, 0.5) is 0 Å². The van der Waals surface area contributed by atoms with E-state index in [2.05, 4.69) is 9.93 Å². The predicted molar refractivity (Wildman–Crippen MR) is 95.5 cm³/mol. The minimum atomic E-state index is -3.64. The molecule has 5 rings (SSSR count). The zero-order valence-corrected chi connectivity index (χ0v) is 15.4. The summed E-state index contributed by atoms with van der Waals surface area (Å²) in [6.07, 6.45) is 7.63. The van der Waals surface area contributed by atoms with Crippen molar-refractivity contribution in [3.63, 3.8) is 0 Å². The lowest BCUT2D eigenvalue weighted by Gasteiger charge is -2.56. The summed E-state index contributed by atoms with van der Waals surface area (Å²) in [4.78, 5) is 2.63. The van der Waals surface area contributed by atoms with Crippen molar-refractivity contribution >= 4 is 27.3 Å². The second-order valence-electron chi connectivity index (χ2n) is 7.94. The highest BCUT2D eigenvalue weighted by Crippen LogP contribution is 2.60. The molecule has 6 heteroatoms. The van der Waals surface area contributed by atoms with E-state index in [1.807, 2.05) is 6.92 Å². The van der Waals surface area contributed by atoms with Gasteiger partial charge in [-0.05, 0) is 87.5 Å². The second-order valence-corrected chi connectivity index (χ2v) is 10.0. The van der Waals surface area contributed by atoms with Gasteiger partial charge in [-0.1, -0.05) is 11.6 Å². The summed E-state index contributed by atoms with van der Waals surface area (Å²) in [6, 6.07) is 6.15. The standard InChI is InChI=1S/C18H23ClN2O2S/c1-12(18-9-13-6-14(10-18)8-15(7-13)11-18)20-21-24(22,23)17-4-2-16(19)3-5-17/h2-5,13-15,21H,6-11H2,1H3/b20-12-. The van der Waals surface area contributed by atoms with Gasteiger partial charge in [0.15, 0.2) is 0 Å². The van der Waals surface area contributed by atoms with Gasteiger partial charge in [-0.2, -0.15) is 13.5 Å². The van der Waals surface area contributed by atoms with Crippen LogP contribution < -0.4 is 4.83 Å². The van der Waals surface area contributed by atoms with E-state index in [0.29, 0.717) is 5.02 Å². The molecule has 4 saturated carbocycles. The zero-order valence-electron chi connectivity index (χ0n) is 13.8. The fourth-order valence-corrected chi connectivity index (χ4v) is 6.45. The maximum atomic E-state index is 12.4. The van der Waals surface area contributed by atoms with Crippen LogP contribution in [0.3, 0.4) is 0 Å². The summed E-state index contributed by atoms with van der Waals surface area (Å²) in [5.74, 6) is 2.44. The average molecular weight is 367 g/mol. The van der Waals surface area contributed by atoms with Gasteiger partial charge in [-0.15, -0.1) is 0 Å². The smallest absolute Gasteiger partial charge is 0.200 e. The molecule has 0 heterocycles. The number of halogens is 1. The molecule has 4 aliphatic carbocycles. The lowest BCUT2D eigenvalue weighted by atomic mass is 9.48. The first-order valence-corrected chi connectivity index (χ1v) is 10.5. The first kappa shape index (κ1) is 16.4. The van der Waals surface area contributed by atoms with Crippen LogP contribution in [-0.2, 0) is 10.0 Å². The second kappa shape index (κ2) is 5.73. The molecule has 4 bridgehead atoms. The van der Waals surface area contributed by atoms with Crippen LogP contribution in [-0.4, -0.2) is 14.1 Å². The number of hydrogen-bond acceptors (Lipinski definition) is 3. The van der Waals surface area contributed by atoms with Gasteiger partial charge in [0.25, 0.3) is 10.0 Å². The number of hydrogen-bond donors (Lipinski definition) is 1. The first-order valence-electron chi connectivity index (χ1n) is 8.68. The highest BCUT2D eigenvalue weighted by atomic mass is 35.5. The lowest BCUT2D eigenvalue weighted by Crippen LogP contribution is -2.49. The van der Waals surface area contributed by atoms with Gasteiger partial charge < -0.3 is 0 Å². The Bertz CT molecular complexity index is 735. The molecule has 0 saturated heterocycles. The Morgan fingerprint density at radius 3 is 2.08 bits per heavy atom. The van der Waals surface area contributed by atoms with Crippen LogP contribution >= 0.6 is 11.6 Å². The van der Waals surface area contributed by atoms with Gasteiger partial charge in [0.2, 0.25) is 0 Å². The van der Waals surface area contributed by atoms with Crippen molar-refractivity contribution < 1.29 is 8.42 Å². The Hall–Kier alpha value is -1.07. The quantitative estimate of drug-likeness (QED) is 0.641. The summed E-state index contributed by atoms with van der Waals surface area (Å²) < 4.78 is 24.8. The molecule has 0 aliphatic heterocycles. The van der Waals surface area contributed by atoms with Crippen LogP contribution in [0.5, 0.6) is 0 Å². The Morgan fingerprint density at radius 1 is 1.08 bits per heavy atom. The van der Waals surface area contributed by atoms with E-state index in [1.165, 1.54) is 50.7 Å². The zero-order chi connectivity index (χ0) is 16.9. The summed E-state index contributed by atoms with van der Waals surface area (Å²) in [7, 11) is -3.64. The van der Waals surface area contributed by atoms with Crippen molar-refractivity contribution in [2.24, 2.45) is 28.3 Å². The Morgan fingerprint density at radius 2 is 1.58 bits per heavy atom. The third-order valence-corrected chi connectivity index (χ3v) is 7.74. The van der Waals surface area contributed by atoms with E-state index >= 15 is 0 Å². The van der Waals surface area contributed by atoms with Crippen molar-refractivity contribution in [3.8, 4) is 0 Å². The van der Waals surface area contributed by atoms with Crippen molar-refractivity contribution in [3.05, 3.63) is 29.3 Å². The molecule has 24 heavy (non-hydrogen) atoms. The number of nitrogens with one attached hydrogen (secondary N) is 1. The molecule has 4 fully saturated rings. The van der Waals surface area contributed by atoms with Gasteiger partial charge in [-0.3, -0.25) is 0 Å². The van der Waals surface area contributed by atoms with Gasteiger partial charge in [0.1, 0.15) is 0 Å². The van der Waals surface area contributed by atoms with Crippen molar-refractivity contribution in [1.29, 1.82) is 0 Å². The predicted octanol–water partition coefficient (Wildman–Crippen LogP) is 4.21. The third-order valence-electron chi connectivity index (χ3n) is 6.26. The Balaban J connectivity index is 1.54. The Kier molecular flexibility index (Phi) is 3.92. The van der Waals surface area contributed by atoms with Gasteiger partial charge in [0.05, 0.1) is 4.90 Å². The summed E-state index contributed by atoms with van der Waals surface area (Å²) in [5, 5.41) is 4.85. The maximum Gasteiger partial charge on any atom is 0.276 e. The molecular weight excluding hydrogens is 344 g/mol. The van der Waals surface area contributed by atoms with E-state index in [-0.39, 0.29) is 10.3 Å². The third kappa shape index (κ3) is 2.86. The molecule has 1 aromatic carbocycles. The van der Waals surface area contributed by atoms with E-state index in [4.69, 9.17) is 11.6 Å². The molecular formula is C18H23ClN2O2S. The van der Waals surface area contributed by atoms with Crippen LogP contribution in [0.15, 0.2) is 34.3 Å². The molecule has 0 aromatic heterocycles. The molecule has 130 valence electrons. The van der Waals surface area contributed by atoms with Gasteiger partial charge in [0, 0.05) is 16.1 Å². The lowest BCUT2D eigenvalue weighted by molar-refractivity contribution is -0.0127. The normalized spacial score (nSPS) is 35.2. The first-order chi connectivity index (χ1) is 11.4. The highest BCUT2D eigenvalue weighted by Gasteiger charge is 2.52. The van der Waals surface area contributed by atoms with Gasteiger partial charge in [-0.25, -0.2) is 4.83 Å². The molecule has 0 unspecified atom stereocenters. The van der Waals surface area contributed by atoms with E-state index in [9.17, 15) is 8.42 Å². The Labute approximate surface area is 148 Å². The monoisotopic (exact) mass is 366 g/mol. The largest absolute Gasteiger partial charge is 0.276 e. The highest BCUT2D eigenvalue weighted by molar-refractivity contribution is 7.89. The average Bonchev–Trinajstić information content (AvgIpc) is 2.52. The molecule has 0 radical (unpaired) electrons. The number of rotatable bonds is 4. The van der Waals surface area contributed by atoms with Crippen LogP contribution in [0.25, 0.3) is 0 Å². The minimum absolute atomic E-state index is 0.122. The molecule has 4 nitrogen and oxygen atoms in total. The molecule has 0 atom stereocenters. The van der Waals surface area contributed by atoms with Gasteiger partial charge >= 0.3 is 0 Å². The number of sulfonamides is 1. The minimum Gasteiger partial charge on any atom is -0.200 e. The van der Waals surface area contributed by atoms with E-state index in [1.54, 1.807) is 12.1 Å². The van der Waals surface area contributed by atoms with E-state index < -0.39 is 10.0 Å². The van der Waals surface area contributed by atoms with Crippen molar-refractivity contribution in [2.45, 2.75) is 50.3 Å². The summed E-state index contributed by atoms with van der Waals surface area (Å²) in [6.45, 7) is 2.00. The van der Waals surface area contributed by atoms with E-state index in [0.717, 1.165) is 23.5 Å². The maximum absolute atomic E-state index is 12.4. The molecule has 1 aromatic rings. The molecule has 0 amide bonds.